The molecule has 0 N–H and O–H groups in total. The van der Waals surface area contributed by atoms with E-state index in [1.165, 1.54) is 72.2 Å². The molecule has 1 saturated heterocycles. The Kier molecular flexibility index (Phi) is 9.50. The van der Waals surface area contributed by atoms with Crippen LogP contribution in [0, 0.1) is 0 Å². The van der Waals surface area contributed by atoms with Crippen molar-refractivity contribution in [3.63, 3.8) is 0 Å². The Morgan fingerprint density at radius 2 is 0.898 bits per heavy atom. The topological polar surface area (TPSA) is 0 Å². The van der Waals surface area contributed by atoms with E-state index in [9.17, 15) is 26.3 Å². The van der Waals surface area contributed by atoms with Crippen LogP contribution in [0.5, 0.6) is 0 Å². The summed E-state index contributed by atoms with van der Waals surface area (Å²) in [6.45, 7) is 4.53. The molecule has 2 fully saturated rings. The maximum Gasteiger partial charge on any atom is -1.00 e. The number of halogens is 8. The fourth-order valence-electron chi connectivity index (χ4n) is 9.85. The van der Waals surface area contributed by atoms with E-state index in [4.69, 9.17) is 0 Å². The maximum atomic E-state index is 13.3. The number of fused-ring (bicyclic) bond motifs is 3. The van der Waals surface area contributed by atoms with E-state index < -0.39 is 43.4 Å². The zero-order chi connectivity index (χ0) is 32.9. The molecule has 4 unspecified atom stereocenters. The van der Waals surface area contributed by atoms with Crippen molar-refractivity contribution in [2.45, 2.75) is 66.6 Å². The minimum atomic E-state index is -4.38. The summed E-state index contributed by atoms with van der Waals surface area (Å²) < 4.78 is 82.4. The third-order valence-electron chi connectivity index (χ3n) is 11.5. The van der Waals surface area contributed by atoms with Crippen molar-refractivity contribution >= 4 is 12.2 Å². The molecular formula is C40H34Cl2F6Hf. The first kappa shape index (κ1) is 36.2. The minimum absolute atomic E-state index is 0. The molecule has 8 rings (SSSR count). The van der Waals surface area contributed by atoms with Crippen LogP contribution in [0.1, 0.15) is 80.3 Å². The average molecular weight is 878 g/mol. The van der Waals surface area contributed by atoms with E-state index in [0.29, 0.717) is 7.35 Å². The number of alkyl halides is 6. The third kappa shape index (κ3) is 5.70. The van der Waals surface area contributed by atoms with Crippen LogP contribution in [0.4, 0.5) is 26.3 Å². The monoisotopic (exact) mass is 878 g/mol. The molecule has 1 saturated carbocycles. The number of allylic oxidation sites excluding steroid dienone is 2. The van der Waals surface area contributed by atoms with Gasteiger partial charge in [-0.05, 0) is 0 Å². The molecule has 1 aliphatic heterocycles. The first-order chi connectivity index (χ1) is 22.4. The van der Waals surface area contributed by atoms with Gasteiger partial charge in [0.05, 0.1) is 0 Å². The Morgan fingerprint density at radius 3 is 1.24 bits per heavy atom. The molecule has 4 aromatic carbocycles. The van der Waals surface area contributed by atoms with Gasteiger partial charge in [0.2, 0.25) is 0 Å². The van der Waals surface area contributed by atoms with Gasteiger partial charge in [0.15, 0.2) is 0 Å². The van der Waals surface area contributed by atoms with Crippen molar-refractivity contribution in [3.05, 3.63) is 129 Å². The second-order valence-corrected chi connectivity index (χ2v) is 30.6. The van der Waals surface area contributed by atoms with Gasteiger partial charge in [0, 0.05) is 0 Å². The van der Waals surface area contributed by atoms with Crippen LogP contribution in [0.25, 0.3) is 34.4 Å². The summed E-state index contributed by atoms with van der Waals surface area (Å²) in [4.78, 5) is 0. The number of hydrogen-bond donors (Lipinski definition) is 0. The second kappa shape index (κ2) is 12.9. The summed E-state index contributed by atoms with van der Waals surface area (Å²) in [7, 11) is 0. The quantitative estimate of drug-likeness (QED) is 0.153. The van der Waals surface area contributed by atoms with Crippen molar-refractivity contribution in [2.75, 3.05) is 0 Å². The van der Waals surface area contributed by atoms with Crippen LogP contribution in [0.15, 0.2) is 96.1 Å². The summed E-state index contributed by atoms with van der Waals surface area (Å²) >= 11 is -3.43. The summed E-state index contributed by atoms with van der Waals surface area (Å²) in [5.74, 6) is 0. The summed E-state index contributed by atoms with van der Waals surface area (Å²) in [5.41, 5.74) is 10.0. The van der Waals surface area contributed by atoms with Gasteiger partial charge in [-0.3, -0.25) is 0 Å². The maximum absolute atomic E-state index is 13.3. The van der Waals surface area contributed by atoms with Gasteiger partial charge in [-0.15, -0.1) is 0 Å². The summed E-state index contributed by atoms with van der Waals surface area (Å²) in [6.07, 6.45) is 0.910. The van der Waals surface area contributed by atoms with Gasteiger partial charge >= 0.3 is 277 Å². The number of rotatable bonds is 4. The second-order valence-electron chi connectivity index (χ2n) is 13.9. The molecule has 4 aromatic rings. The van der Waals surface area contributed by atoms with E-state index in [-0.39, 0.29) is 24.8 Å². The third-order valence-corrected chi connectivity index (χ3v) is 37.0. The van der Waals surface area contributed by atoms with Crippen molar-refractivity contribution in [1.82, 2.24) is 0 Å². The fourth-order valence-corrected chi connectivity index (χ4v) is 45.3. The smallest absolute Gasteiger partial charge is 1.00 e. The molecule has 4 atom stereocenters. The van der Waals surface area contributed by atoms with Crippen LogP contribution in [-0.4, -0.2) is 0 Å². The molecule has 254 valence electrons. The predicted octanol–water partition coefficient (Wildman–Crippen LogP) is 7.00. The van der Waals surface area contributed by atoms with Crippen molar-refractivity contribution in [3.8, 4) is 22.3 Å². The summed E-state index contributed by atoms with van der Waals surface area (Å²) in [6, 6.07) is 23.8. The predicted molar refractivity (Wildman–Crippen MR) is 173 cm³/mol. The van der Waals surface area contributed by atoms with Gasteiger partial charge in [-0.25, -0.2) is 0 Å². The van der Waals surface area contributed by atoms with Gasteiger partial charge in [-0.1, -0.05) is 0 Å². The van der Waals surface area contributed by atoms with E-state index >= 15 is 0 Å². The molecule has 0 radical (unpaired) electrons. The first-order valence-electron chi connectivity index (χ1n) is 16.4. The van der Waals surface area contributed by atoms with Crippen LogP contribution >= 0.6 is 0 Å². The molecule has 0 amide bonds. The largest absolute Gasteiger partial charge is 1.00 e. The van der Waals surface area contributed by atoms with Crippen LogP contribution in [0.2, 0.25) is 7.35 Å². The number of hydrogen-bond acceptors (Lipinski definition) is 0. The molecule has 0 aromatic heterocycles. The molecule has 0 bridgehead atoms. The molecule has 1 heterocycles. The van der Waals surface area contributed by atoms with E-state index in [1.54, 1.807) is 24.3 Å². The van der Waals surface area contributed by atoms with E-state index in [2.05, 4.69) is 50.3 Å². The van der Waals surface area contributed by atoms with Gasteiger partial charge < -0.3 is 24.8 Å². The van der Waals surface area contributed by atoms with E-state index in [0.717, 1.165) is 40.7 Å². The molecular weight excluding hydrogens is 844 g/mol. The zero-order valence-corrected chi connectivity index (χ0v) is 32.0. The Labute approximate surface area is 299 Å². The molecule has 0 spiro atoms. The summed E-state index contributed by atoms with van der Waals surface area (Å²) in [5, 5.41) is 0. The molecule has 0 nitrogen and oxygen atoms in total. The Morgan fingerprint density at radius 1 is 0.531 bits per heavy atom. The fraction of sp³-hybridized carbons (Fsp3) is 0.300. The van der Waals surface area contributed by atoms with Gasteiger partial charge in [-0.2, -0.15) is 0 Å². The first-order valence-corrected chi connectivity index (χ1v) is 24.7. The molecule has 3 aliphatic carbocycles. The Bertz CT molecular complexity index is 1810. The van der Waals surface area contributed by atoms with Gasteiger partial charge in [0.1, 0.15) is 0 Å². The van der Waals surface area contributed by atoms with Crippen LogP contribution in [0.3, 0.4) is 0 Å². The van der Waals surface area contributed by atoms with Crippen LogP contribution in [-0.2, 0) is 32.3 Å². The van der Waals surface area contributed by atoms with Crippen molar-refractivity contribution < 1.29 is 71.1 Å². The van der Waals surface area contributed by atoms with E-state index in [1.807, 2.05) is 12.1 Å². The zero-order valence-electron chi connectivity index (χ0n) is 26.9. The minimum Gasteiger partial charge on any atom is -1.00 e. The Balaban J connectivity index is 0.00000208. The van der Waals surface area contributed by atoms with Crippen LogP contribution < -0.4 is 24.8 Å². The Hall–Kier alpha value is -2.61. The molecule has 4 aliphatic rings. The molecule has 9 heteroatoms. The standard InChI is InChI=1S/2C17H12F3.C6H10.2ClH.Hf/c2*1-11-9-13-3-2-4-15(16(13)10-11)12-5-7-14(8-6-12)17(18,19)20;1-2-4-6-5-3-1;;;/h2*2-10H,1H3;1-2H,3-6H2;2*1H;/q;;;;;+2/p-2. The van der Waals surface area contributed by atoms with Crippen molar-refractivity contribution in [2.24, 2.45) is 0 Å². The molecule has 49 heavy (non-hydrogen) atoms. The SMILES string of the molecule is CC1=Cc2c(-c3ccc(C(F)(F)F)cc3)cccc2[CH]1[Hf+2]1([CH]2C(C)=Cc3c(-c4ccc(C(F)(F)F)cc4)cccc32)[CH]2CCCC[CH]21.[Cl-].[Cl-]. The number of benzene rings is 4. The van der Waals surface area contributed by atoms with Crippen molar-refractivity contribution in [1.29, 1.82) is 0 Å². The van der Waals surface area contributed by atoms with Gasteiger partial charge in [0.25, 0.3) is 0 Å². The normalized spacial score (nSPS) is 23.9. The average Bonchev–Trinajstić information content (AvgIpc) is 3.35.